The Labute approximate surface area is 133 Å². The number of rotatable bonds is 7. The van der Waals surface area contributed by atoms with Gasteiger partial charge in [0.1, 0.15) is 0 Å². The van der Waals surface area contributed by atoms with Crippen molar-refractivity contribution in [2.45, 2.75) is 43.9 Å². The zero-order valence-electron chi connectivity index (χ0n) is 13.0. The summed E-state index contributed by atoms with van der Waals surface area (Å²) in [5, 5.41) is 5.50. The summed E-state index contributed by atoms with van der Waals surface area (Å²) in [4.78, 5) is 0.276. The summed E-state index contributed by atoms with van der Waals surface area (Å²) < 4.78 is 24.2. The number of nitrogens with two attached hydrogens (primary N) is 1. The van der Waals surface area contributed by atoms with Crippen LogP contribution in [0.2, 0.25) is 0 Å². The number of primary sulfonamides is 1. The van der Waals surface area contributed by atoms with E-state index in [-0.39, 0.29) is 4.90 Å². The van der Waals surface area contributed by atoms with E-state index in [4.69, 9.17) is 5.14 Å². The van der Waals surface area contributed by atoms with Gasteiger partial charge in [0, 0.05) is 5.56 Å². The average Bonchev–Trinajstić information content (AvgIpc) is 2.51. The van der Waals surface area contributed by atoms with Crippen LogP contribution in [0.3, 0.4) is 0 Å². The topological polar surface area (TPSA) is 60.2 Å². The molecule has 3 nitrogen and oxygen atoms in total. The maximum absolute atomic E-state index is 12.1. The van der Waals surface area contributed by atoms with Gasteiger partial charge in [-0.05, 0) is 24.0 Å². The summed E-state index contributed by atoms with van der Waals surface area (Å²) in [5.74, 6) is 0. The molecule has 0 unspecified atom stereocenters. The molecule has 0 saturated heterocycles. The first kappa shape index (κ1) is 16.7. The standard InChI is InChI=1S/C18H23NO2S/c1-2-3-4-6-12-16-13-9-14-17(18(16)22(19,20)21)15-10-7-5-8-11-15/h5,7-11,13-14H,2-4,6,12H2,1H3,(H2,19,20,21). The van der Waals surface area contributed by atoms with Crippen LogP contribution in [0.5, 0.6) is 0 Å². The first-order valence-corrected chi connectivity index (χ1v) is 9.28. The lowest BCUT2D eigenvalue weighted by Gasteiger charge is -2.13. The first-order valence-electron chi connectivity index (χ1n) is 7.74. The summed E-state index contributed by atoms with van der Waals surface area (Å²) in [6, 6.07) is 15.1. The molecule has 4 heteroatoms. The van der Waals surface area contributed by atoms with Gasteiger partial charge in [0.2, 0.25) is 10.0 Å². The highest BCUT2D eigenvalue weighted by Gasteiger charge is 2.19. The van der Waals surface area contributed by atoms with Crippen molar-refractivity contribution in [3.05, 3.63) is 54.1 Å². The van der Waals surface area contributed by atoms with E-state index in [2.05, 4.69) is 6.92 Å². The van der Waals surface area contributed by atoms with Crippen molar-refractivity contribution in [2.75, 3.05) is 0 Å². The lowest BCUT2D eigenvalue weighted by molar-refractivity contribution is 0.595. The molecule has 0 aliphatic carbocycles. The molecule has 0 radical (unpaired) electrons. The third-order valence-corrected chi connectivity index (χ3v) is 4.82. The number of unbranched alkanes of at least 4 members (excludes halogenated alkanes) is 3. The molecule has 0 bridgehead atoms. The fourth-order valence-corrected chi connectivity index (χ4v) is 3.73. The second-order valence-corrected chi connectivity index (χ2v) is 7.01. The van der Waals surface area contributed by atoms with Crippen LogP contribution >= 0.6 is 0 Å². The third-order valence-electron chi connectivity index (χ3n) is 3.77. The van der Waals surface area contributed by atoms with Crippen LogP contribution in [0.4, 0.5) is 0 Å². The molecular weight excluding hydrogens is 294 g/mol. The van der Waals surface area contributed by atoms with E-state index in [1.807, 2.05) is 48.5 Å². The Kier molecular flexibility index (Phi) is 5.75. The van der Waals surface area contributed by atoms with Crippen molar-refractivity contribution < 1.29 is 8.42 Å². The van der Waals surface area contributed by atoms with E-state index in [1.165, 1.54) is 6.42 Å². The molecule has 0 heterocycles. The van der Waals surface area contributed by atoms with Gasteiger partial charge in [-0.15, -0.1) is 0 Å². The lowest BCUT2D eigenvalue weighted by atomic mass is 9.99. The molecule has 0 aliphatic rings. The van der Waals surface area contributed by atoms with Crippen LogP contribution in [-0.2, 0) is 16.4 Å². The maximum Gasteiger partial charge on any atom is 0.238 e. The molecule has 0 amide bonds. The van der Waals surface area contributed by atoms with Gasteiger partial charge in [-0.25, -0.2) is 13.6 Å². The van der Waals surface area contributed by atoms with E-state index in [0.29, 0.717) is 5.56 Å². The molecule has 0 saturated carbocycles. The second kappa shape index (κ2) is 7.56. The molecular formula is C18H23NO2S. The monoisotopic (exact) mass is 317 g/mol. The van der Waals surface area contributed by atoms with Gasteiger partial charge < -0.3 is 0 Å². The van der Waals surface area contributed by atoms with E-state index in [9.17, 15) is 8.42 Å². The minimum atomic E-state index is -3.75. The van der Waals surface area contributed by atoms with E-state index in [0.717, 1.165) is 36.8 Å². The Morgan fingerprint density at radius 1 is 0.909 bits per heavy atom. The quantitative estimate of drug-likeness (QED) is 0.781. The third kappa shape index (κ3) is 4.18. The fourth-order valence-electron chi connectivity index (χ4n) is 2.70. The molecule has 22 heavy (non-hydrogen) atoms. The highest BCUT2D eigenvalue weighted by atomic mass is 32.2. The number of hydrogen-bond donors (Lipinski definition) is 1. The molecule has 2 N–H and O–H groups in total. The average molecular weight is 317 g/mol. The minimum absolute atomic E-state index is 0.276. The molecule has 0 atom stereocenters. The van der Waals surface area contributed by atoms with Gasteiger partial charge in [0.05, 0.1) is 4.90 Å². The number of hydrogen-bond acceptors (Lipinski definition) is 2. The molecule has 2 aromatic rings. The molecule has 0 spiro atoms. The summed E-state index contributed by atoms with van der Waals surface area (Å²) in [6.07, 6.45) is 5.16. The molecule has 118 valence electrons. The molecule has 0 aliphatic heterocycles. The zero-order valence-corrected chi connectivity index (χ0v) is 13.8. The lowest BCUT2D eigenvalue weighted by Crippen LogP contribution is -2.16. The summed E-state index contributed by atoms with van der Waals surface area (Å²) in [5.41, 5.74) is 2.39. The van der Waals surface area contributed by atoms with Crippen LogP contribution in [0.25, 0.3) is 11.1 Å². The van der Waals surface area contributed by atoms with Crippen molar-refractivity contribution >= 4 is 10.0 Å². The maximum atomic E-state index is 12.1. The van der Waals surface area contributed by atoms with Crippen LogP contribution in [0.15, 0.2) is 53.4 Å². The predicted octanol–water partition coefficient (Wildman–Crippen LogP) is 4.12. The van der Waals surface area contributed by atoms with Crippen LogP contribution in [0, 0.1) is 0 Å². The molecule has 0 fully saturated rings. The highest BCUT2D eigenvalue weighted by molar-refractivity contribution is 7.89. The van der Waals surface area contributed by atoms with E-state index in [1.54, 1.807) is 0 Å². The summed E-state index contributed by atoms with van der Waals surface area (Å²) in [7, 11) is -3.75. The number of aryl methyl sites for hydroxylation is 1. The van der Waals surface area contributed by atoms with Crippen LogP contribution < -0.4 is 5.14 Å². The van der Waals surface area contributed by atoms with Gasteiger partial charge in [0.25, 0.3) is 0 Å². The van der Waals surface area contributed by atoms with Gasteiger partial charge in [-0.3, -0.25) is 0 Å². The minimum Gasteiger partial charge on any atom is -0.225 e. The van der Waals surface area contributed by atoms with Crippen molar-refractivity contribution in [3.63, 3.8) is 0 Å². The number of sulfonamides is 1. The zero-order chi connectivity index (χ0) is 16.0. The largest absolute Gasteiger partial charge is 0.238 e. The molecule has 0 aromatic heterocycles. The fraction of sp³-hybridized carbons (Fsp3) is 0.333. The van der Waals surface area contributed by atoms with Crippen LogP contribution in [0.1, 0.15) is 38.2 Å². The Hall–Kier alpha value is -1.65. The van der Waals surface area contributed by atoms with Gasteiger partial charge in [-0.2, -0.15) is 0 Å². The SMILES string of the molecule is CCCCCCc1cccc(-c2ccccc2)c1S(N)(=O)=O. The first-order chi connectivity index (χ1) is 10.5. The number of benzene rings is 2. The Morgan fingerprint density at radius 2 is 1.64 bits per heavy atom. The van der Waals surface area contributed by atoms with Crippen molar-refractivity contribution in [3.8, 4) is 11.1 Å². The second-order valence-electron chi connectivity index (χ2n) is 5.52. The van der Waals surface area contributed by atoms with Gasteiger partial charge in [0.15, 0.2) is 0 Å². The van der Waals surface area contributed by atoms with Crippen molar-refractivity contribution in [1.82, 2.24) is 0 Å². The van der Waals surface area contributed by atoms with Gasteiger partial charge >= 0.3 is 0 Å². The Balaban J connectivity index is 2.43. The highest BCUT2D eigenvalue weighted by Crippen LogP contribution is 2.30. The van der Waals surface area contributed by atoms with Crippen LogP contribution in [-0.4, -0.2) is 8.42 Å². The van der Waals surface area contributed by atoms with Crippen molar-refractivity contribution in [2.24, 2.45) is 5.14 Å². The molecule has 2 aromatic carbocycles. The van der Waals surface area contributed by atoms with Gasteiger partial charge in [-0.1, -0.05) is 74.7 Å². The summed E-state index contributed by atoms with van der Waals surface area (Å²) in [6.45, 7) is 2.16. The Bertz CT molecular complexity index is 709. The Morgan fingerprint density at radius 3 is 2.27 bits per heavy atom. The van der Waals surface area contributed by atoms with E-state index < -0.39 is 10.0 Å². The molecule has 2 rings (SSSR count). The van der Waals surface area contributed by atoms with Crippen molar-refractivity contribution in [1.29, 1.82) is 0 Å². The van der Waals surface area contributed by atoms with E-state index >= 15 is 0 Å². The smallest absolute Gasteiger partial charge is 0.225 e. The summed E-state index contributed by atoms with van der Waals surface area (Å²) >= 11 is 0. The normalized spacial score (nSPS) is 11.5. The predicted molar refractivity (Wildman–Crippen MR) is 91.1 cm³/mol.